The van der Waals surface area contributed by atoms with Crippen LogP contribution in [0.25, 0.3) is 5.76 Å². The number of carbonyl (C=O) groups is 1. The molecule has 0 amide bonds. The summed E-state index contributed by atoms with van der Waals surface area (Å²) in [5.74, 6) is -0.965. The van der Waals surface area contributed by atoms with E-state index in [0.717, 1.165) is 0 Å². The third kappa shape index (κ3) is 2.47. The molecule has 2 heterocycles. The number of halogens is 1. The van der Waals surface area contributed by atoms with E-state index < -0.39 is 17.5 Å². The van der Waals surface area contributed by atoms with Gasteiger partial charge in [-0.05, 0) is 18.2 Å². The van der Waals surface area contributed by atoms with Crippen LogP contribution >= 0.6 is 0 Å². The van der Waals surface area contributed by atoms with Crippen LogP contribution in [-0.2, 0) is 15.3 Å². The van der Waals surface area contributed by atoms with Gasteiger partial charge in [0.1, 0.15) is 24.3 Å². The van der Waals surface area contributed by atoms with Gasteiger partial charge in [0, 0.05) is 11.8 Å². The second-order valence-electron chi connectivity index (χ2n) is 4.67. The van der Waals surface area contributed by atoms with Crippen LogP contribution in [0.3, 0.4) is 0 Å². The third-order valence-corrected chi connectivity index (χ3v) is 3.24. The largest absolute Gasteiger partial charge is 0.481 e. The van der Waals surface area contributed by atoms with Crippen LogP contribution in [0.4, 0.5) is 4.39 Å². The number of nitrogens with one attached hydrogen (secondary N) is 1. The van der Waals surface area contributed by atoms with E-state index in [1.54, 1.807) is 12.3 Å². The molecule has 3 rings (SSSR count). The molecule has 1 aromatic heterocycles. The Labute approximate surface area is 119 Å². The molecule has 21 heavy (non-hydrogen) atoms. The Morgan fingerprint density at radius 2 is 2.05 bits per heavy atom. The predicted molar refractivity (Wildman–Crippen MR) is 71.2 cm³/mol. The summed E-state index contributed by atoms with van der Waals surface area (Å²) in [4.78, 5) is 11.2. The zero-order chi connectivity index (χ0) is 14.9. The van der Waals surface area contributed by atoms with Gasteiger partial charge in [-0.15, -0.1) is 0 Å². The van der Waals surface area contributed by atoms with E-state index in [0.29, 0.717) is 16.9 Å². The molecule has 0 saturated carbocycles. The first-order chi connectivity index (χ1) is 10.1. The van der Waals surface area contributed by atoms with Crippen LogP contribution in [0.2, 0.25) is 0 Å². The van der Waals surface area contributed by atoms with Gasteiger partial charge in [0.25, 0.3) is 0 Å². The van der Waals surface area contributed by atoms with E-state index in [1.165, 1.54) is 36.8 Å². The van der Waals surface area contributed by atoms with Crippen LogP contribution in [-0.4, -0.2) is 11.1 Å². The molecule has 1 unspecified atom stereocenters. The van der Waals surface area contributed by atoms with Gasteiger partial charge in [0.05, 0.1) is 11.8 Å². The van der Waals surface area contributed by atoms with Crippen LogP contribution in [0.15, 0.2) is 53.5 Å². The minimum Gasteiger partial charge on any atom is -0.481 e. The van der Waals surface area contributed by atoms with Gasteiger partial charge in [0.2, 0.25) is 5.72 Å². The molecule has 6 heteroatoms. The number of hydrogen-bond acceptors (Lipinski definition) is 4. The van der Waals surface area contributed by atoms with Crippen LogP contribution < -0.4 is 5.32 Å². The Hall–Kier alpha value is -2.76. The maximum absolute atomic E-state index is 13.1. The number of carboxylic acid groups (broad SMARTS) is 1. The topological polar surface area (TPSA) is 71.7 Å². The van der Waals surface area contributed by atoms with Crippen LogP contribution in [0.1, 0.15) is 17.5 Å². The zero-order valence-corrected chi connectivity index (χ0v) is 10.9. The number of furan rings is 1. The maximum atomic E-state index is 13.1. The van der Waals surface area contributed by atoms with Crippen molar-refractivity contribution in [1.29, 1.82) is 0 Å². The normalized spacial score (nSPS) is 20.5. The fourth-order valence-electron chi connectivity index (χ4n) is 2.24. The molecule has 5 nitrogen and oxygen atoms in total. The Bertz CT molecular complexity index is 678. The minimum absolute atomic E-state index is 0.309. The Kier molecular flexibility index (Phi) is 3.13. The summed E-state index contributed by atoms with van der Waals surface area (Å²) in [6, 6.07) is 7.23. The number of hydrogen-bond donors (Lipinski definition) is 2. The Balaban J connectivity index is 1.93. The second-order valence-corrected chi connectivity index (χ2v) is 4.67. The average Bonchev–Trinajstić information content (AvgIpc) is 3.08. The van der Waals surface area contributed by atoms with E-state index >= 15 is 0 Å². The van der Waals surface area contributed by atoms with Crippen molar-refractivity contribution in [3.05, 3.63) is 66.0 Å². The summed E-state index contributed by atoms with van der Waals surface area (Å²) in [5.41, 5.74) is -0.0375. The Morgan fingerprint density at radius 1 is 1.29 bits per heavy atom. The fourth-order valence-corrected chi connectivity index (χ4v) is 2.24. The third-order valence-electron chi connectivity index (χ3n) is 3.24. The molecule has 1 aliphatic heterocycles. The molecule has 1 atom stereocenters. The van der Waals surface area contributed by atoms with Gasteiger partial charge in [-0.3, -0.25) is 4.79 Å². The van der Waals surface area contributed by atoms with Gasteiger partial charge in [-0.2, -0.15) is 0 Å². The number of rotatable bonds is 4. The molecule has 1 aromatic carbocycles. The molecule has 0 spiro atoms. The first kappa shape index (κ1) is 13.2. The van der Waals surface area contributed by atoms with E-state index in [1.807, 2.05) is 0 Å². The molecular weight excluding hydrogens is 277 g/mol. The van der Waals surface area contributed by atoms with Gasteiger partial charge in [-0.25, -0.2) is 4.39 Å². The quantitative estimate of drug-likeness (QED) is 0.905. The summed E-state index contributed by atoms with van der Waals surface area (Å²) in [7, 11) is 0. The summed E-state index contributed by atoms with van der Waals surface area (Å²) < 4.78 is 23.9. The van der Waals surface area contributed by atoms with Crippen molar-refractivity contribution in [2.75, 3.05) is 0 Å². The number of ether oxygens (including phenoxy) is 1. The number of aliphatic carboxylic acids is 1. The average molecular weight is 289 g/mol. The van der Waals surface area contributed by atoms with Crippen molar-refractivity contribution >= 4 is 11.7 Å². The van der Waals surface area contributed by atoms with Gasteiger partial charge < -0.3 is 19.6 Å². The van der Waals surface area contributed by atoms with E-state index in [2.05, 4.69) is 5.32 Å². The smallest absolute Gasteiger partial charge is 0.309 e. The first-order valence-corrected chi connectivity index (χ1v) is 6.26. The molecule has 108 valence electrons. The lowest BCUT2D eigenvalue weighted by atomic mass is 9.99. The molecule has 0 aliphatic carbocycles. The predicted octanol–water partition coefficient (Wildman–Crippen LogP) is 2.66. The molecule has 0 saturated heterocycles. The van der Waals surface area contributed by atoms with E-state index in [4.69, 9.17) is 14.3 Å². The van der Waals surface area contributed by atoms with Gasteiger partial charge in [0.15, 0.2) is 0 Å². The second kappa shape index (κ2) is 4.97. The highest BCUT2D eigenvalue weighted by atomic mass is 19.1. The van der Waals surface area contributed by atoms with Crippen molar-refractivity contribution in [3.63, 3.8) is 0 Å². The minimum atomic E-state index is -1.26. The van der Waals surface area contributed by atoms with Crippen molar-refractivity contribution in [1.82, 2.24) is 5.32 Å². The highest BCUT2D eigenvalue weighted by molar-refractivity contribution is 5.70. The fraction of sp³-hybridized carbons (Fsp3) is 0.133. The number of benzene rings is 1. The number of carboxylic acids is 1. The van der Waals surface area contributed by atoms with Crippen molar-refractivity contribution in [3.8, 4) is 0 Å². The lowest BCUT2D eigenvalue weighted by Gasteiger charge is -2.29. The molecular formula is C15H12FNO4. The van der Waals surface area contributed by atoms with Crippen molar-refractivity contribution in [2.45, 2.75) is 12.1 Å². The van der Waals surface area contributed by atoms with Gasteiger partial charge in [-0.1, -0.05) is 12.1 Å². The standard InChI is InChI=1S/C15H12FNO4/c16-12-3-1-11(2-4-12)15(7-14(18)19)17-8-13(21-15)10-5-6-20-9-10/h1-6,8-9,17H,7H2,(H,18,19). The first-order valence-electron chi connectivity index (χ1n) is 6.26. The molecule has 0 bridgehead atoms. The molecule has 2 N–H and O–H groups in total. The lowest BCUT2D eigenvalue weighted by molar-refractivity contribution is -0.143. The summed E-state index contributed by atoms with van der Waals surface area (Å²) >= 11 is 0. The lowest BCUT2D eigenvalue weighted by Crippen LogP contribution is -2.39. The molecule has 2 aromatic rings. The highest BCUT2D eigenvalue weighted by Gasteiger charge is 2.41. The van der Waals surface area contributed by atoms with E-state index in [-0.39, 0.29) is 6.42 Å². The zero-order valence-electron chi connectivity index (χ0n) is 10.9. The van der Waals surface area contributed by atoms with Crippen LogP contribution in [0.5, 0.6) is 0 Å². The summed E-state index contributed by atoms with van der Waals surface area (Å²) in [5, 5.41) is 12.1. The maximum Gasteiger partial charge on any atom is 0.309 e. The van der Waals surface area contributed by atoms with Crippen molar-refractivity contribution in [2.24, 2.45) is 0 Å². The SMILES string of the molecule is O=C(O)CC1(c2ccc(F)cc2)NC=C(c2ccoc2)O1. The summed E-state index contributed by atoms with van der Waals surface area (Å²) in [6.45, 7) is 0. The van der Waals surface area contributed by atoms with Crippen molar-refractivity contribution < 1.29 is 23.4 Å². The van der Waals surface area contributed by atoms with Crippen LogP contribution in [0, 0.1) is 5.82 Å². The monoisotopic (exact) mass is 289 g/mol. The molecule has 0 radical (unpaired) electrons. The molecule has 0 fully saturated rings. The highest BCUT2D eigenvalue weighted by Crippen LogP contribution is 2.37. The Morgan fingerprint density at radius 3 is 2.67 bits per heavy atom. The molecule has 1 aliphatic rings. The van der Waals surface area contributed by atoms with E-state index in [9.17, 15) is 9.18 Å². The van der Waals surface area contributed by atoms with Gasteiger partial charge >= 0.3 is 5.97 Å². The summed E-state index contributed by atoms with van der Waals surface area (Å²) in [6.07, 6.45) is 4.26.